The number of nitrogens with two attached hydrogens (primary N) is 2. The molecule has 10 nitrogen and oxygen atoms in total. The number of anilines is 1. The average molecular weight is 360 g/mol. The van der Waals surface area contributed by atoms with Crippen molar-refractivity contribution in [2.75, 3.05) is 18.1 Å². The van der Waals surface area contributed by atoms with Crippen LogP contribution in [0.1, 0.15) is 18.2 Å². The molecule has 0 unspecified atom stereocenters. The van der Waals surface area contributed by atoms with Gasteiger partial charge in [-0.3, -0.25) is 9.36 Å². The van der Waals surface area contributed by atoms with Crippen molar-refractivity contribution in [3.05, 3.63) is 22.2 Å². The molecule has 7 N–H and O–H groups in total. The summed E-state index contributed by atoms with van der Waals surface area (Å²) >= 11 is 1.25. The lowest BCUT2D eigenvalue weighted by Crippen LogP contribution is -2.32. The average Bonchev–Trinajstić information content (AvgIpc) is 2.89. The summed E-state index contributed by atoms with van der Waals surface area (Å²) in [5, 5.41) is 27.6. The molecule has 1 aliphatic heterocycles. The van der Waals surface area contributed by atoms with Gasteiger partial charge < -0.3 is 31.5 Å². The number of carbonyl (C=O) groups is 1. The number of ether oxygens (including phenoxy) is 1. The second-order valence-electron chi connectivity index (χ2n) is 5.42. The fourth-order valence-electron chi connectivity index (χ4n) is 2.26. The number of hydrogen-bond acceptors (Lipinski definition) is 9. The molecule has 4 atom stereocenters. The Bertz CT molecular complexity index is 654. The maximum atomic E-state index is 12.0. The van der Waals surface area contributed by atoms with Gasteiger partial charge in [0, 0.05) is 29.7 Å². The van der Waals surface area contributed by atoms with E-state index in [1.54, 1.807) is 0 Å². The Morgan fingerprint density at radius 2 is 2.29 bits per heavy atom. The lowest BCUT2D eigenvalue weighted by molar-refractivity contribution is -0.137. The summed E-state index contributed by atoms with van der Waals surface area (Å²) in [7, 11) is 0. The van der Waals surface area contributed by atoms with E-state index in [4.69, 9.17) is 26.4 Å². The van der Waals surface area contributed by atoms with Crippen molar-refractivity contribution in [3.63, 3.8) is 0 Å². The standard InChI is InChI=1S/C13H20N4O6S/c14-7(12(20)21)5-24-4-6-2-17(13(22)16-11(6)15)10-1-8(19)9(3-18)23-10/h2,7-10,18-19H,1,3-5,14H2,(H,20,21)(H2,15,16,22)/t7-,8+,9+,10+/m0/s1. The molecule has 0 radical (unpaired) electrons. The first-order chi connectivity index (χ1) is 11.3. The Balaban J connectivity index is 2.11. The van der Waals surface area contributed by atoms with Crippen LogP contribution in [-0.2, 0) is 15.3 Å². The summed E-state index contributed by atoms with van der Waals surface area (Å²) in [5.41, 5.74) is 11.1. The molecule has 1 aromatic heterocycles. The van der Waals surface area contributed by atoms with Gasteiger partial charge in [-0.15, -0.1) is 0 Å². The third kappa shape index (κ3) is 4.24. The van der Waals surface area contributed by atoms with Gasteiger partial charge in [0.25, 0.3) is 0 Å². The Labute approximate surface area is 141 Å². The van der Waals surface area contributed by atoms with E-state index in [1.165, 1.54) is 22.5 Å². The van der Waals surface area contributed by atoms with Crippen LogP contribution in [0.25, 0.3) is 0 Å². The lowest BCUT2D eigenvalue weighted by Gasteiger charge is -2.16. The molecule has 1 aliphatic rings. The smallest absolute Gasteiger partial charge is 0.351 e. The number of thioether (sulfide) groups is 1. The Morgan fingerprint density at radius 3 is 2.88 bits per heavy atom. The van der Waals surface area contributed by atoms with Crippen molar-refractivity contribution in [2.45, 2.75) is 36.7 Å². The van der Waals surface area contributed by atoms with Crippen LogP contribution < -0.4 is 17.2 Å². The number of aromatic nitrogens is 2. The molecular formula is C13H20N4O6S. The van der Waals surface area contributed by atoms with Crippen LogP contribution in [0.5, 0.6) is 0 Å². The van der Waals surface area contributed by atoms with Crippen molar-refractivity contribution in [1.29, 1.82) is 0 Å². The number of rotatable bonds is 7. The SMILES string of the molecule is Nc1nc(=O)n([C@H]2C[C@@H](O)[C@@H](CO)O2)cc1CSC[C@H](N)C(=O)O. The van der Waals surface area contributed by atoms with E-state index in [2.05, 4.69) is 4.98 Å². The quantitative estimate of drug-likeness (QED) is 0.370. The molecule has 1 fully saturated rings. The summed E-state index contributed by atoms with van der Waals surface area (Å²) < 4.78 is 6.65. The highest BCUT2D eigenvalue weighted by atomic mass is 32.2. The topological polar surface area (TPSA) is 174 Å². The Morgan fingerprint density at radius 1 is 1.58 bits per heavy atom. The van der Waals surface area contributed by atoms with Crippen LogP contribution >= 0.6 is 11.8 Å². The van der Waals surface area contributed by atoms with Crippen LogP contribution in [0.4, 0.5) is 5.82 Å². The van der Waals surface area contributed by atoms with E-state index in [-0.39, 0.29) is 24.6 Å². The van der Waals surface area contributed by atoms with Crippen molar-refractivity contribution in [1.82, 2.24) is 9.55 Å². The largest absolute Gasteiger partial charge is 0.480 e. The van der Waals surface area contributed by atoms with Crippen molar-refractivity contribution in [2.24, 2.45) is 5.73 Å². The molecule has 11 heteroatoms. The maximum Gasteiger partial charge on any atom is 0.351 e. The molecule has 2 heterocycles. The number of aliphatic hydroxyl groups is 2. The summed E-state index contributed by atoms with van der Waals surface area (Å²) in [6.45, 7) is -0.357. The first-order valence-electron chi connectivity index (χ1n) is 7.21. The molecule has 1 aromatic rings. The highest BCUT2D eigenvalue weighted by Gasteiger charge is 2.35. The Hall–Kier alpha value is -1.66. The number of aliphatic hydroxyl groups excluding tert-OH is 2. The summed E-state index contributed by atoms with van der Waals surface area (Å²) in [6, 6.07) is -0.992. The lowest BCUT2D eigenvalue weighted by atomic mass is 10.2. The van der Waals surface area contributed by atoms with Gasteiger partial charge in [0.1, 0.15) is 24.2 Å². The predicted octanol–water partition coefficient (Wildman–Crippen LogP) is -1.89. The molecule has 0 amide bonds. The van der Waals surface area contributed by atoms with Crippen LogP contribution in [0, 0.1) is 0 Å². The van der Waals surface area contributed by atoms with E-state index in [0.29, 0.717) is 11.3 Å². The summed E-state index contributed by atoms with van der Waals surface area (Å²) in [6.07, 6.45) is -0.765. The van der Waals surface area contributed by atoms with E-state index in [9.17, 15) is 14.7 Å². The minimum Gasteiger partial charge on any atom is -0.480 e. The molecule has 0 aromatic carbocycles. The zero-order valence-electron chi connectivity index (χ0n) is 12.7. The minimum absolute atomic E-state index is 0.0462. The highest BCUT2D eigenvalue weighted by molar-refractivity contribution is 7.98. The fourth-order valence-corrected chi connectivity index (χ4v) is 3.21. The number of carboxylic acids is 1. The molecule has 0 spiro atoms. The fraction of sp³-hybridized carbons (Fsp3) is 0.615. The number of aliphatic carboxylic acids is 1. The van der Waals surface area contributed by atoms with E-state index >= 15 is 0 Å². The monoisotopic (exact) mass is 360 g/mol. The number of carboxylic acid groups (broad SMARTS) is 1. The van der Waals surface area contributed by atoms with Crippen LogP contribution in [0.15, 0.2) is 11.0 Å². The molecule has 1 saturated heterocycles. The number of hydrogen-bond donors (Lipinski definition) is 5. The van der Waals surface area contributed by atoms with E-state index in [0.717, 1.165) is 0 Å². The van der Waals surface area contributed by atoms with Crippen LogP contribution in [0.2, 0.25) is 0 Å². The highest BCUT2D eigenvalue weighted by Crippen LogP contribution is 2.28. The Kier molecular flexibility index (Phi) is 6.18. The molecule has 0 aliphatic carbocycles. The molecule has 0 bridgehead atoms. The van der Waals surface area contributed by atoms with Crippen molar-refractivity contribution in [3.8, 4) is 0 Å². The molecular weight excluding hydrogens is 340 g/mol. The maximum absolute atomic E-state index is 12.0. The number of nitrogen functional groups attached to an aromatic ring is 1. The van der Waals surface area contributed by atoms with Crippen molar-refractivity contribution >= 4 is 23.5 Å². The first-order valence-corrected chi connectivity index (χ1v) is 8.37. The first kappa shape index (κ1) is 18.7. The predicted molar refractivity (Wildman–Crippen MR) is 86.3 cm³/mol. The van der Waals surface area contributed by atoms with Crippen molar-refractivity contribution < 1.29 is 24.9 Å². The van der Waals surface area contributed by atoms with Crippen LogP contribution in [-0.4, -0.2) is 61.4 Å². The third-order valence-electron chi connectivity index (χ3n) is 3.63. The van der Waals surface area contributed by atoms with Gasteiger partial charge >= 0.3 is 11.7 Å². The summed E-state index contributed by atoms with van der Waals surface area (Å²) in [4.78, 5) is 26.4. The molecule has 24 heavy (non-hydrogen) atoms. The van der Waals surface area contributed by atoms with Gasteiger partial charge in [-0.1, -0.05) is 0 Å². The summed E-state index contributed by atoms with van der Waals surface area (Å²) in [5.74, 6) is -0.551. The number of nitrogens with zero attached hydrogens (tertiary/aromatic N) is 2. The van der Waals surface area contributed by atoms with Crippen LogP contribution in [0.3, 0.4) is 0 Å². The van der Waals surface area contributed by atoms with Gasteiger partial charge in [0.2, 0.25) is 0 Å². The van der Waals surface area contributed by atoms with Gasteiger partial charge in [-0.25, -0.2) is 4.79 Å². The van der Waals surface area contributed by atoms with E-state index < -0.39 is 36.1 Å². The zero-order chi connectivity index (χ0) is 17.9. The van der Waals surface area contributed by atoms with E-state index in [1.807, 2.05) is 0 Å². The third-order valence-corrected chi connectivity index (χ3v) is 4.74. The molecule has 134 valence electrons. The normalized spacial score (nSPS) is 24.9. The second-order valence-corrected chi connectivity index (χ2v) is 6.45. The van der Waals surface area contributed by atoms with Gasteiger partial charge in [0.05, 0.1) is 12.7 Å². The van der Waals surface area contributed by atoms with Gasteiger partial charge in [-0.05, 0) is 0 Å². The minimum atomic E-state index is -1.10. The molecule has 0 saturated carbocycles. The second kappa shape index (κ2) is 7.94. The van der Waals surface area contributed by atoms with Gasteiger partial charge in [-0.2, -0.15) is 16.7 Å². The van der Waals surface area contributed by atoms with Gasteiger partial charge in [0.15, 0.2) is 0 Å². The molecule has 2 rings (SSSR count). The zero-order valence-corrected chi connectivity index (χ0v) is 13.6.